The summed E-state index contributed by atoms with van der Waals surface area (Å²) in [5.41, 5.74) is 2.39. The largest absolute Gasteiger partial charge is 0.457 e. The fraction of sp³-hybridized carbons (Fsp3) is 0.167. The van der Waals surface area contributed by atoms with Crippen LogP contribution in [0.5, 0.6) is 11.5 Å². The van der Waals surface area contributed by atoms with Crippen LogP contribution in [-0.4, -0.2) is 24.5 Å². The average molecular weight is 387 g/mol. The maximum Gasteiger partial charge on any atom is 0.338 e. The quantitative estimate of drug-likeness (QED) is 0.600. The van der Waals surface area contributed by atoms with Gasteiger partial charge < -0.3 is 14.4 Å². The fourth-order valence-electron chi connectivity index (χ4n) is 3.35. The van der Waals surface area contributed by atoms with Crippen LogP contribution in [0, 0.1) is 0 Å². The van der Waals surface area contributed by atoms with Gasteiger partial charge in [0.1, 0.15) is 11.5 Å². The van der Waals surface area contributed by atoms with Crippen LogP contribution < -0.4 is 9.64 Å². The second-order valence-electron chi connectivity index (χ2n) is 6.86. The molecular weight excluding hydrogens is 366 g/mol. The molecule has 0 aliphatic carbocycles. The summed E-state index contributed by atoms with van der Waals surface area (Å²) in [7, 11) is 0. The number of para-hydroxylation sites is 2. The molecule has 146 valence electrons. The van der Waals surface area contributed by atoms with E-state index in [9.17, 15) is 9.59 Å². The Morgan fingerprint density at radius 3 is 2.28 bits per heavy atom. The molecule has 1 amide bonds. The first-order valence-electron chi connectivity index (χ1n) is 9.55. The van der Waals surface area contributed by atoms with Gasteiger partial charge in [-0.05, 0) is 61.4 Å². The van der Waals surface area contributed by atoms with Crippen LogP contribution in [0.3, 0.4) is 0 Å². The highest BCUT2D eigenvalue weighted by atomic mass is 16.5. The third-order valence-electron chi connectivity index (χ3n) is 4.85. The van der Waals surface area contributed by atoms with Crippen LogP contribution in [0.15, 0.2) is 78.9 Å². The molecule has 0 saturated carbocycles. The van der Waals surface area contributed by atoms with Crippen molar-refractivity contribution in [1.29, 1.82) is 0 Å². The summed E-state index contributed by atoms with van der Waals surface area (Å²) in [5, 5.41) is 0. The van der Waals surface area contributed by atoms with Gasteiger partial charge in [-0.25, -0.2) is 4.79 Å². The molecule has 0 unspecified atom stereocenters. The van der Waals surface area contributed by atoms with E-state index in [1.165, 1.54) is 0 Å². The third-order valence-corrected chi connectivity index (χ3v) is 4.85. The Hall–Kier alpha value is -3.60. The number of rotatable bonds is 5. The second-order valence-corrected chi connectivity index (χ2v) is 6.86. The lowest BCUT2D eigenvalue weighted by Crippen LogP contribution is -2.39. The topological polar surface area (TPSA) is 55.8 Å². The molecule has 0 bridgehead atoms. The zero-order valence-electron chi connectivity index (χ0n) is 16.1. The summed E-state index contributed by atoms with van der Waals surface area (Å²) in [6.45, 7) is 2.21. The van der Waals surface area contributed by atoms with E-state index in [2.05, 4.69) is 0 Å². The van der Waals surface area contributed by atoms with Gasteiger partial charge in [0.05, 0.1) is 5.56 Å². The first kappa shape index (κ1) is 18.7. The van der Waals surface area contributed by atoms with E-state index < -0.39 is 12.1 Å². The number of ether oxygens (including phenoxy) is 2. The summed E-state index contributed by atoms with van der Waals surface area (Å²) in [6.07, 6.45) is -0.0558. The van der Waals surface area contributed by atoms with E-state index in [1.807, 2.05) is 54.6 Å². The summed E-state index contributed by atoms with van der Waals surface area (Å²) in [5.74, 6) is 0.579. The molecule has 4 rings (SSSR count). The molecule has 1 aliphatic heterocycles. The summed E-state index contributed by atoms with van der Waals surface area (Å²) in [6, 6.07) is 23.8. The van der Waals surface area contributed by atoms with Crippen molar-refractivity contribution in [2.45, 2.75) is 19.4 Å². The van der Waals surface area contributed by atoms with Crippen molar-refractivity contribution in [3.63, 3.8) is 0 Å². The first-order chi connectivity index (χ1) is 14.1. The number of carbonyl (C=O) groups excluding carboxylic acids is 2. The highest BCUT2D eigenvalue weighted by Crippen LogP contribution is 2.28. The molecule has 0 fully saturated rings. The Morgan fingerprint density at radius 1 is 0.862 bits per heavy atom. The van der Waals surface area contributed by atoms with Crippen molar-refractivity contribution in [2.24, 2.45) is 0 Å². The van der Waals surface area contributed by atoms with E-state index >= 15 is 0 Å². The highest BCUT2D eigenvalue weighted by Gasteiger charge is 2.29. The van der Waals surface area contributed by atoms with Crippen LogP contribution in [0.1, 0.15) is 22.8 Å². The Labute approximate surface area is 169 Å². The Balaban J connectivity index is 1.38. The van der Waals surface area contributed by atoms with Crippen LogP contribution in [0.25, 0.3) is 0 Å². The molecule has 5 heteroatoms. The zero-order chi connectivity index (χ0) is 20.2. The monoisotopic (exact) mass is 387 g/mol. The minimum Gasteiger partial charge on any atom is -0.457 e. The van der Waals surface area contributed by atoms with Crippen LogP contribution in [0.2, 0.25) is 0 Å². The summed E-state index contributed by atoms with van der Waals surface area (Å²) < 4.78 is 11.1. The van der Waals surface area contributed by atoms with Gasteiger partial charge in [-0.3, -0.25) is 4.79 Å². The van der Waals surface area contributed by atoms with Crippen molar-refractivity contribution < 1.29 is 19.1 Å². The summed E-state index contributed by atoms with van der Waals surface area (Å²) in [4.78, 5) is 26.9. The maximum atomic E-state index is 12.8. The number of hydrogen-bond acceptors (Lipinski definition) is 4. The second kappa shape index (κ2) is 8.19. The molecule has 1 aliphatic rings. The van der Waals surface area contributed by atoms with E-state index in [4.69, 9.17) is 9.47 Å². The van der Waals surface area contributed by atoms with Crippen molar-refractivity contribution in [3.05, 3.63) is 90.0 Å². The molecule has 0 radical (unpaired) electrons. The van der Waals surface area contributed by atoms with E-state index in [-0.39, 0.29) is 5.91 Å². The molecule has 0 N–H and O–H groups in total. The molecule has 5 nitrogen and oxygen atoms in total. The lowest BCUT2D eigenvalue weighted by molar-refractivity contribution is -0.126. The smallest absolute Gasteiger partial charge is 0.338 e. The molecule has 0 saturated heterocycles. The zero-order valence-corrected chi connectivity index (χ0v) is 16.1. The van der Waals surface area contributed by atoms with Gasteiger partial charge in [0.15, 0.2) is 6.10 Å². The Morgan fingerprint density at radius 2 is 1.52 bits per heavy atom. The molecule has 0 aromatic heterocycles. The van der Waals surface area contributed by atoms with E-state index in [0.29, 0.717) is 23.6 Å². The predicted octanol–water partition coefficient (Wildman–Crippen LogP) is 4.61. The van der Waals surface area contributed by atoms with Gasteiger partial charge in [-0.2, -0.15) is 0 Å². The van der Waals surface area contributed by atoms with Crippen molar-refractivity contribution in [2.75, 3.05) is 11.4 Å². The standard InChI is InChI=1S/C24H21NO4/c1-17(23(26)25-16-15-18-7-5-6-10-22(18)25)28-24(27)19-11-13-21(14-12-19)29-20-8-3-2-4-9-20/h2-14,17H,15-16H2,1H3/t17-/m0/s1. The predicted molar refractivity (Wildman–Crippen MR) is 110 cm³/mol. The average Bonchev–Trinajstić information content (AvgIpc) is 3.18. The number of hydrogen-bond donors (Lipinski definition) is 0. The molecule has 3 aromatic rings. The van der Waals surface area contributed by atoms with Gasteiger partial charge in [0, 0.05) is 12.2 Å². The highest BCUT2D eigenvalue weighted by molar-refractivity contribution is 6.00. The summed E-state index contributed by atoms with van der Waals surface area (Å²) >= 11 is 0. The maximum absolute atomic E-state index is 12.8. The first-order valence-corrected chi connectivity index (χ1v) is 9.55. The number of fused-ring (bicyclic) bond motifs is 1. The molecule has 3 aromatic carbocycles. The molecule has 0 spiro atoms. The normalized spacial score (nSPS) is 13.5. The molecule has 29 heavy (non-hydrogen) atoms. The Kier molecular flexibility index (Phi) is 5.29. The van der Waals surface area contributed by atoms with Crippen molar-refractivity contribution in [1.82, 2.24) is 0 Å². The molecule has 1 heterocycles. The lowest BCUT2D eigenvalue weighted by atomic mass is 10.2. The minimum atomic E-state index is -0.867. The van der Waals surface area contributed by atoms with Gasteiger partial charge >= 0.3 is 5.97 Å². The molecular formula is C24H21NO4. The molecule has 1 atom stereocenters. The number of benzene rings is 3. The number of amides is 1. The van der Waals surface area contributed by atoms with Gasteiger partial charge in [-0.1, -0.05) is 36.4 Å². The third kappa shape index (κ3) is 4.14. The number of carbonyl (C=O) groups is 2. The van der Waals surface area contributed by atoms with E-state index in [1.54, 1.807) is 36.1 Å². The van der Waals surface area contributed by atoms with Crippen molar-refractivity contribution >= 4 is 17.6 Å². The number of esters is 1. The van der Waals surface area contributed by atoms with Gasteiger partial charge in [-0.15, -0.1) is 0 Å². The lowest BCUT2D eigenvalue weighted by Gasteiger charge is -2.21. The SMILES string of the molecule is C[C@H](OC(=O)c1ccc(Oc2ccccc2)cc1)C(=O)N1CCc2ccccc21. The number of nitrogens with zero attached hydrogens (tertiary/aromatic N) is 1. The number of anilines is 1. The fourth-order valence-corrected chi connectivity index (χ4v) is 3.35. The van der Waals surface area contributed by atoms with Crippen LogP contribution in [0.4, 0.5) is 5.69 Å². The van der Waals surface area contributed by atoms with E-state index in [0.717, 1.165) is 17.7 Å². The van der Waals surface area contributed by atoms with Gasteiger partial charge in [0.2, 0.25) is 0 Å². The van der Waals surface area contributed by atoms with Crippen molar-refractivity contribution in [3.8, 4) is 11.5 Å². The van der Waals surface area contributed by atoms with Gasteiger partial charge in [0.25, 0.3) is 5.91 Å². The minimum absolute atomic E-state index is 0.215. The van der Waals surface area contributed by atoms with Crippen LogP contribution >= 0.6 is 0 Å². The Bertz CT molecular complexity index is 1010. The van der Waals surface area contributed by atoms with Crippen LogP contribution in [-0.2, 0) is 16.0 Å².